The van der Waals surface area contributed by atoms with Crippen LogP contribution in [-0.2, 0) is 10.0 Å². The van der Waals surface area contributed by atoms with Gasteiger partial charge in [0, 0.05) is 12.6 Å². The molecule has 0 saturated heterocycles. The van der Waals surface area contributed by atoms with Crippen LogP contribution >= 0.6 is 11.6 Å². The summed E-state index contributed by atoms with van der Waals surface area (Å²) in [5, 5.41) is 2.19. The molecule has 0 atom stereocenters. The fourth-order valence-electron chi connectivity index (χ4n) is 1.97. The van der Waals surface area contributed by atoms with Gasteiger partial charge in [-0.3, -0.25) is 9.52 Å². The molecule has 0 radical (unpaired) electrons. The topological polar surface area (TPSA) is 75.3 Å². The maximum absolute atomic E-state index is 13.2. The molecule has 5 nitrogen and oxygen atoms in total. The highest BCUT2D eigenvalue weighted by Crippen LogP contribution is 2.24. The van der Waals surface area contributed by atoms with E-state index in [0.29, 0.717) is 11.1 Å². The van der Waals surface area contributed by atoms with E-state index in [4.69, 9.17) is 11.6 Å². The van der Waals surface area contributed by atoms with Crippen LogP contribution in [0, 0.1) is 12.7 Å². The smallest absolute Gasteiger partial charge is 0.261 e. The van der Waals surface area contributed by atoms with Crippen LogP contribution in [0.1, 0.15) is 15.9 Å². The van der Waals surface area contributed by atoms with Crippen molar-refractivity contribution in [3.63, 3.8) is 0 Å². The van der Waals surface area contributed by atoms with E-state index in [0.717, 1.165) is 18.2 Å². The molecule has 2 N–H and O–H groups in total. The van der Waals surface area contributed by atoms with Crippen molar-refractivity contribution in [2.45, 2.75) is 11.8 Å². The number of carbonyl (C=O) groups is 1. The van der Waals surface area contributed by atoms with Crippen molar-refractivity contribution in [2.24, 2.45) is 0 Å². The molecule has 0 spiro atoms. The monoisotopic (exact) mass is 356 g/mol. The number of halogens is 2. The van der Waals surface area contributed by atoms with Gasteiger partial charge in [-0.05, 0) is 42.8 Å². The lowest BCUT2D eigenvalue weighted by atomic mass is 10.1. The van der Waals surface area contributed by atoms with E-state index in [2.05, 4.69) is 10.0 Å². The van der Waals surface area contributed by atoms with Crippen LogP contribution < -0.4 is 10.0 Å². The molecule has 0 saturated carbocycles. The van der Waals surface area contributed by atoms with Gasteiger partial charge in [-0.1, -0.05) is 17.7 Å². The molecule has 0 aliphatic carbocycles. The van der Waals surface area contributed by atoms with Crippen molar-refractivity contribution in [1.29, 1.82) is 0 Å². The number of carbonyl (C=O) groups excluding carboxylic acids is 1. The van der Waals surface area contributed by atoms with E-state index >= 15 is 0 Å². The van der Waals surface area contributed by atoms with E-state index in [9.17, 15) is 17.6 Å². The van der Waals surface area contributed by atoms with Crippen molar-refractivity contribution < 1.29 is 17.6 Å². The summed E-state index contributed by atoms with van der Waals surface area (Å²) in [4.78, 5) is 11.6. The number of amides is 1. The molecule has 2 rings (SSSR count). The predicted octanol–water partition coefficient (Wildman–Crippen LogP) is 2.95. The van der Waals surface area contributed by atoms with Gasteiger partial charge in [0.15, 0.2) is 0 Å². The zero-order chi connectivity index (χ0) is 17.2. The number of nitrogens with one attached hydrogen (secondary N) is 2. The molecular formula is C15H14ClFN2O3S. The van der Waals surface area contributed by atoms with E-state index in [1.807, 2.05) is 0 Å². The molecule has 0 aliphatic heterocycles. The molecule has 2 aromatic rings. The van der Waals surface area contributed by atoms with Gasteiger partial charge in [0.25, 0.3) is 15.9 Å². The Morgan fingerprint density at radius 3 is 2.52 bits per heavy atom. The highest BCUT2D eigenvalue weighted by atomic mass is 35.5. The summed E-state index contributed by atoms with van der Waals surface area (Å²) in [6.07, 6.45) is 0. The maximum Gasteiger partial charge on any atom is 0.261 e. The summed E-state index contributed by atoms with van der Waals surface area (Å²) in [6, 6.07) is 7.79. The summed E-state index contributed by atoms with van der Waals surface area (Å²) in [5.74, 6) is -1.03. The van der Waals surface area contributed by atoms with Crippen LogP contribution in [0.15, 0.2) is 41.3 Å². The Morgan fingerprint density at radius 1 is 1.22 bits per heavy atom. The molecule has 23 heavy (non-hydrogen) atoms. The minimum Gasteiger partial charge on any atom is -0.355 e. The van der Waals surface area contributed by atoms with E-state index in [-0.39, 0.29) is 21.5 Å². The zero-order valence-electron chi connectivity index (χ0n) is 12.4. The van der Waals surface area contributed by atoms with Crippen molar-refractivity contribution in [3.05, 3.63) is 58.4 Å². The van der Waals surface area contributed by atoms with Gasteiger partial charge in [0.2, 0.25) is 0 Å². The van der Waals surface area contributed by atoms with Gasteiger partial charge >= 0.3 is 0 Å². The van der Waals surface area contributed by atoms with Gasteiger partial charge in [-0.25, -0.2) is 12.8 Å². The van der Waals surface area contributed by atoms with Crippen LogP contribution in [-0.4, -0.2) is 21.4 Å². The lowest BCUT2D eigenvalue weighted by Gasteiger charge is -2.13. The Labute approximate surface area is 138 Å². The molecule has 1 amide bonds. The first-order valence-electron chi connectivity index (χ1n) is 6.56. The molecule has 0 aromatic heterocycles. The number of sulfonamides is 1. The average Bonchev–Trinajstić information content (AvgIpc) is 2.51. The SMILES string of the molecule is CNC(=O)c1cccc(NS(=O)(=O)c2ccc(F)c(Cl)c2)c1C. The van der Waals surface area contributed by atoms with Crippen LogP contribution in [0.4, 0.5) is 10.1 Å². The third kappa shape index (κ3) is 3.62. The second-order valence-electron chi connectivity index (χ2n) is 4.74. The largest absolute Gasteiger partial charge is 0.355 e. The van der Waals surface area contributed by atoms with Gasteiger partial charge < -0.3 is 5.32 Å². The average molecular weight is 357 g/mol. The standard InChI is InChI=1S/C15H14ClFN2O3S/c1-9-11(15(20)18-2)4-3-5-14(9)19-23(21,22)10-6-7-13(17)12(16)8-10/h3-8,19H,1-2H3,(H,18,20). The fourth-order valence-corrected chi connectivity index (χ4v) is 3.37. The molecule has 0 bridgehead atoms. The van der Waals surface area contributed by atoms with Crippen LogP contribution in [0.3, 0.4) is 0 Å². The lowest BCUT2D eigenvalue weighted by molar-refractivity contribution is 0.0962. The quantitative estimate of drug-likeness (QED) is 0.884. The fraction of sp³-hybridized carbons (Fsp3) is 0.133. The van der Waals surface area contributed by atoms with Gasteiger partial charge in [0.05, 0.1) is 15.6 Å². The third-order valence-corrected chi connectivity index (χ3v) is 4.90. The Balaban J connectivity index is 2.41. The summed E-state index contributed by atoms with van der Waals surface area (Å²) >= 11 is 5.62. The normalized spacial score (nSPS) is 11.1. The van der Waals surface area contributed by atoms with Crippen molar-refractivity contribution in [2.75, 3.05) is 11.8 Å². The molecule has 0 fully saturated rings. The first-order chi connectivity index (χ1) is 10.8. The second kappa shape index (κ2) is 6.55. The Hall–Kier alpha value is -2.12. The minimum atomic E-state index is -3.96. The van der Waals surface area contributed by atoms with E-state index < -0.39 is 15.8 Å². The third-order valence-electron chi connectivity index (χ3n) is 3.25. The van der Waals surface area contributed by atoms with Crippen molar-refractivity contribution in [1.82, 2.24) is 5.32 Å². The van der Waals surface area contributed by atoms with Gasteiger partial charge in [-0.2, -0.15) is 0 Å². The van der Waals surface area contributed by atoms with Crippen LogP contribution in [0.25, 0.3) is 0 Å². The molecule has 0 unspecified atom stereocenters. The Morgan fingerprint density at radius 2 is 1.91 bits per heavy atom. The first kappa shape index (κ1) is 17.2. The highest BCUT2D eigenvalue weighted by Gasteiger charge is 2.18. The van der Waals surface area contributed by atoms with Crippen molar-refractivity contribution >= 4 is 33.2 Å². The van der Waals surface area contributed by atoms with Gasteiger partial charge in [0.1, 0.15) is 5.82 Å². The van der Waals surface area contributed by atoms with Crippen LogP contribution in [0.2, 0.25) is 5.02 Å². The summed E-state index contributed by atoms with van der Waals surface area (Å²) in [5.41, 5.74) is 1.08. The molecule has 2 aromatic carbocycles. The Kier molecular flexibility index (Phi) is 4.91. The van der Waals surface area contributed by atoms with E-state index in [1.54, 1.807) is 19.1 Å². The molecule has 0 aliphatic rings. The number of rotatable bonds is 4. The number of hydrogen-bond acceptors (Lipinski definition) is 3. The molecule has 0 heterocycles. The summed E-state index contributed by atoms with van der Waals surface area (Å²) < 4.78 is 40.3. The van der Waals surface area contributed by atoms with Crippen molar-refractivity contribution in [3.8, 4) is 0 Å². The number of benzene rings is 2. The number of anilines is 1. The molecule has 122 valence electrons. The van der Waals surface area contributed by atoms with Crippen LogP contribution in [0.5, 0.6) is 0 Å². The highest BCUT2D eigenvalue weighted by molar-refractivity contribution is 7.92. The molecule has 8 heteroatoms. The molecular weight excluding hydrogens is 343 g/mol. The Bertz CT molecular complexity index is 869. The lowest BCUT2D eigenvalue weighted by Crippen LogP contribution is -2.20. The summed E-state index contributed by atoms with van der Waals surface area (Å²) in [7, 11) is -2.47. The minimum absolute atomic E-state index is 0.173. The predicted molar refractivity (Wildman–Crippen MR) is 86.8 cm³/mol. The second-order valence-corrected chi connectivity index (χ2v) is 6.83. The van der Waals surface area contributed by atoms with Gasteiger partial charge in [-0.15, -0.1) is 0 Å². The summed E-state index contributed by atoms with van der Waals surface area (Å²) in [6.45, 7) is 1.63. The number of hydrogen-bond donors (Lipinski definition) is 2. The maximum atomic E-state index is 13.2. The van der Waals surface area contributed by atoms with E-state index in [1.165, 1.54) is 13.1 Å². The first-order valence-corrected chi connectivity index (χ1v) is 8.42. The zero-order valence-corrected chi connectivity index (χ0v) is 13.9.